The third-order valence-electron chi connectivity index (χ3n) is 3.94. The van der Waals surface area contributed by atoms with Gasteiger partial charge in [0, 0.05) is 0 Å². The van der Waals surface area contributed by atoms with E-state index >= 15 is 0 Å². The van der Waals surface area contributed by atoms with Crippen molar-refractivity contribution in [2.45, 2.75) is 57.2 Å². The highest BCUT2D eigenvalue weighted by Gasteiger charge is 2.35. The molecule has 0 heterocycles. The maximum atomic E-state index is 12.2. The number of carboxylic acid groups (broad SMARTS) is 1. The van der Waals surface area contributed by atoms with Crippen molar-refractivity contribution in [2.75, 3.05) is 7.11 Å². The van der Waals surface area contributed by atoms with Crippen LogP contribution < -0.4 is 11.1 Å². The van der Waals surface area contributed by atoms with E-state index in [0.717, 1.165) is 20.0 Å². The van der Waals surface area contributed by atoms with E-state index in [9.17, 15) is 19.2 Å². The van der Waals surface area contributed by atoms with Crippen LogP contribution in [0.3, 0.4) is 0 Å². The number of hydrogen-bond donors (Lipinski definition) is 3. The van der Waals surface area contributed by atoms with Crippen molar-refractivity contribution in [1.29, 1.82) is 0 Å². The molecule has 0 aromatic heterocycles. The van der Waals surface area contributed by atoms with Crippen LogP contribution >= 0.6 is 0 Å². The summed E-state index contributed by atoms with van der Waals surface area (Å²) >= 11 is 0. The van der Waals surface area contributed by atoms with Gasteiger partial charge >= 0.3 is 17.9 Å². The molecule has 1 amide bonds. The molecule has 9 heteroatoms. The maximum absolute atomic E-state index is 12.2. The third-order valence-corrected chi connectivity index (χ3v) is 3.94. The standard InChI is InChI=1S/C15H24N2O7/c1-8-3-5-9(6-4-8)24-15(22)12(14(21)23-2)17-13(20)10(16)7-11(18)19/h8-10,12H,3-7,16H2,1-2H3,(H,17,20)(H,18,19)/t8?,9?,10-,12+/m1/s1. The van der Waals surface area contributed by atoms with Gasteiger partial charge in [0.25, 0.3) is 0 Å². The predicted octanol–water partition coefficient (Wildman–Crippen LogP) is -0.432. The van der Waals surface area contributed by atoms with Crippen molar-refractivity contribution < 1.29 is 33.8 Å². The minimum Gasteiger partial charge on any atom is -0.481 e. The zero-order chi connectivity index (χ0) is 18.3. The largest absolute Gasteiger partial charge is 0.481 e. The Kier molecular flexibility index (Phi) is 7.63. The Labute approximate surface area is 139 Å². The summed E-state index contributed by atoms with van der Waals surface area (Å²) in [6.45, 7) is 2.11. The fraction of sp³-hybridized carbons (Fsp3) is 0.733. The average molecular weight is 344 g/mol. The molecule has 1 fully saturated rings. The quantitative estimate of drug-likeness (QED) is 0.416. The molecule has 0 aromatic carbocycles. The van der Waals surface area contributed by atoms with Crippen LogP contribution in [-0.4, -0.2) is 54.2 Å². The molecule has 136 valence electrons. The summed E-state index contributed by atoms with van der Waals surface area (Å²) in [6.07, 6.45) is 2.26. The summed E-state index contributed by atoms with van der Waals surface area (Å²) < 4.78 is 9.76. The molecular formula is C15H24N2O7. The fourth-order valence-corrected chi connectivity index (χ4v) is 2.44. The number of aliphatic carboxylic acids is 1. The molecule has 1 aliphatic rings. The van der Waals surface area contributed by atoms with E-state index in [0.29, 0.717) is 18.8 Å². The number of ether oxygens (including phenoxy) is 2. The smallest absolute Gasteiger partial charge is 0.340 e. The first kappa shape index (κ1) is 19.9. The van der Waals surface area contributed by atoms with Crippen molar-refractivity contribution in [2.24, 2.45) is 11.7 Å². The predicted molar refractivity (Wildman–Crippen MR) is 81.7 cm³/mol. The molecule has 0 bridgehead atoms. The number of methoxy groups -OCH3 is 1. The summed E-state index contributed by atoms with van der Waals surface area (Å²) in [5, 5.41) is 10.7. The number of rotatable bonds is 7. The first-order valence-corrected chi connectivity index (χ1v) is 7.80. The van der Waals surface area contributed by atoms with E-state index in [-0.39, 0.29) is 6.10 Å². The van der Waals surface area contributed by atoms with Gasteiger partial charge in [0.15, 0.2) is 0 Å². The van der Waals surface area contributed by atoms with Gasteiger partial charge in [0.1, 0.15) is 6.10 Å². The summed E-state index contributed by atoms with van der Waals surface area (Å²) in [5.74, 6) is -3.59. The SMILES string of the molecule is COC(=O)[C@H](NC(=O)[C@H](N)CC(=O)O)C(=O)OC1CCC(C)CC1. The van der Waals surface area contributed by atoms with Crippen LogP contribution in [-0.2, 0) is 28.7 Å². The van der Waals surface area contributed by atoms with Gasteiger partial charge in [-0.2, -0.15) is 0 Å². The molecule has 0 saturated heterocycles. The first-order chi connectivity index (χ1) is 11.2. The summed E-state index contributed by atoms with van der Waals surface area (Å²) in [6, 6.07) is -3.06. The van der Waals surface area contributed by atoms with Crippen molar-refractivity contribution in [3.05, 3.63) is 0 Å². The molecule has 0 spiro atoms. The zero-order valence-corrected chi connectivity index (χ0v) is 13.8. The minimum atomic E-state index is -1.67. The van der Waals surface area contributed by atoms with Gasteiger partial charge in [0.05, 0.1) is 19.6 Å². The van der Waals surface area contributed by atoms with Crippen molar-refractivity contribution in [1.82, 2.24) is 5.32 Å². The molecule has 0 aromatic rings. The lowest BCUT2D eigenvalue weighted by atomic mass is 9.89. The second kappa shape index (κ2) is 9.21. The van der Waals surface area contributed by atoms with Crippen LogP contribution in [0.15, 0.2) is 0 Å². The van der Waals surface area contributed by atoms with Crippen LogP contribution in [0.25, 0.3) is 0 Å². The van der Waals surface area contributed by atoms with Gasteiger partial charge in [-0.15, -0.1) is 0 Å². The van der Waals surface area contributed by atoms with Crippen LogP contribution in [0.1, 0.15) is 39.0 Å². The lowest BCUT2D eigenvalue weighted by Crippen LogP contribution is -2.53. The molecule has 0 aliphatic heterocycles. The molecule has 1 rings (SSSR count). The number of hydrogen-bond acceptors (Lipinski definition) is 7. The third kappa shape index (κ3) is 6.15. The van der Waals surface area contributed by atoms with Crippen molar-refractivity contribution in [3.8, 4) is 0 Å². The second-order valence-corrected chi connectivity index (χ2v) is 5.99. The molecule has 1 saturated carbocycles. The molecule has 4 N–H and O–H groups in total. The highest BCUT2D eigenvalue weighted by atomic mass is 16.6. The van der Waals surface area contributed by atoms with Crippen molar-refractivity contribution in [3.63, 3.8) is 0 Å². The highest BCUT2D eigenvalue weighted by molar-refractivity contribution is 6.03. The molecule has 24 heavy (non-hydrogen) atoms. The number of amides is 1. The van der Waals surface area contributed by atoms with Gasteiger partial charge in [0.2, 0.25) is 11.9 Å². The van der Waals surface area contributed by atoms with Crippen molar-refractivity contribution >= 4 is 23.8 Å². The number of carbonyl (C=O) groups excluding carboxylic acids is 3. The van der Waals surface area contributed by atoms with E-state index < -0.39 is 42.3 Å². The molecule has 0 unspecified atom stereocenters. The van der Waals surface area contributed by atoms with Gasteiger partial charge in [-0.05, 0) is 31.6 Å². The Hall–Kier alpha value is -2.16. The minimum absolute atomic E-state index is 0.314. The zero-order valence-electron chi connectivity index (χ0n) is 13.8. The van der Waals surface area contributed by atoms with Gasteiger partial charge < -0.3 is 25.6 Å². The molecule has 1 aliphatic carbocycles. The Morgan fingerprint density at radius 1 is 1.17 bits per heavy atom. The fourth-order valence-electron chi connectivity index (χ4n) is 2.44. The van der Waals surface area contributed by atoms with Crippen LogP contribution in [0.2, 0.25) is 0 Å². The number of carboxylic acids is 1. The molecule has 9 nitrogen and oxygen atoms in total. The normalized spacial score (nSPS) is 22.8. The monoisotopic (exact) mass is 344 g/mol. The molecule has 2 atom stereocenters. The summed E-state index contributed by atoms with van der Waals surface area (Å²) in [5.41, 5.74) is 5.41. The lowest BCUT2D eigenvalue weighted by molar-refractivity contribution is -0.163. The number of esters is 2. The Morgan fingerprint density at radius 2 is 1.75 bits per heavy atom. The number of nitrogens with one attached hydrogen (secondary N) is 1. The topological polar surface area (TPSA) is 145 Å². The summed E-state index contributed by atoms with van der Waals surface area (Å²) in [4.78, 5) is 46.3. The van der Waals surface area contributed by atoms with Crippen LogP contribution in [0.5, 0.6) is 0 Å². The molecular weight excluding hydrogens is 320 g/mol. The van der Waals surface area contributed by atoms with Crippen LogP contribution in [0, 0.1) is 5.92 Å². The Bertz CT molecular complexity index is 486. The van der Waals surface area contributed by atoms with Gasteiger partial charge in [-0.25, -0.2) is 9.59 Å². The van der Waals surface area contributed by atoms with Gasteiger partial charge in [-0.3, -0.25) is 9.59 Å². The average Bonchev–Trinajstić information content (AvgIpc) is 2.52. The Morgan fingerprint density at radius 3 is 2.25 bits per heavy atom. The summed E-state index contributed by atoms with van der Waals surface area (Å²) in [7, 11) is 1.06. The van der Waals surface area contributed by atoms with E-state index in [1.165, 1.54) is 0 Å². The number of carbonyl (C=O) groups is 4. The van der Waals surface area contributed by atoms with E-state index in [1.807, 2.05) is 0 Å². The van der Waals surface area contributed by atoms with E-state index in [1.54, 1.807) is 0 Å². The van der Waals surface area contributed by atoms with Crippen LogP contribution in [0.4, 0.5) is 0 Å². The number of nitrogens with two attached hydrogens (primary N) is 1. The van der Waals surface area contributed by atoms with Gasteiger partial charge in [-0.1, -0.05) is 6.92 Å². The second-order valence-electron chi connectivity index (χ2n) is 5.99. The molecule has 0 radical (unpaired) electrons. The Balaban J connectivity index is 2.67. The maximum Gasteiger partial charge on any atom is 0.340 e. The lowest BCUT2D eigenvalue weighted by Gasteiger charge is -2.27. The van der Waals surface area contributed by atoms with E-state index in [4.69, 9.17) is 15.6 Å². The van der Waals surface area contributed by atoms with E-state index in [2.05, 4.69) is 17.0 Å². The highest BCUT2D eigenvalue weighted by Crippen LogP contribution is 2.25. The first-order valence-electron chi connectivity index (χ1n) is 7.80.